The SMILES string of the molecule is COCC1CCN(CC(N)(C#N)c2ccccc2)CC1. The summed E-state index contributed by atoms with van der Waals surface area (Å²) in [5, 5.41) is 9.48. The second kappa shape index (κ2) is 6.85. The van der Waals surface area contributed by atoms with Crippen molar-refractivity contribution in [2.24, 2.45) is 11.7 Å². The molecule has 1 fully saturated rings. The Labute approximate surface area is 121 Å². The van der Waals surface area contributed by atoms with Crippen molar-refractivity contribution >= 4 is 0 Å². The van der Waals surface area contributed by atoms with E-state index in [1.54, 1.807) is 7.11 Å². The Bertz CT molecular complexity index is 449. The van der Waals surface area contributed by atoms with Crippen LogP contribution in [0.2, 0.25) is 0 Å². The minimum Gasteiger partial charge on any atom is -0.384 e. The van der Waals surface area contributed by atoms with Crippen LogP contribution >= 0.6 is 0 Å². The highest BCUT2D eigenvalue weighted by Gasteiger charge is 2.31. The van der Waals surface area contributed by atoms with Crippen LogP contribution in [0.3, 0.4) is 0 Å². The highest BCUT2D eigenvalue weighted by atomic mass is 16.5. The Morgan fingerprint density at radius 1 is 1.35 bits per heavy atom. The summed E-state index contributed by atoms with van der Waals surface area (Å²) in [5.41, 5.74) is 6.28. The Morgan fingerprint density at radius 2 is 2.00 bits per heavy atom. The molecule has 4 heteroatoms. The Kier molecular flexibility index (Phi) is 5.13. The first-order valence-corrected chi connectivity index (χ1v) is 7.15. The van der Waals surface area contributed by atoms with E-state index in [2.05, 4.69) is 11.0 Å². The second-order valence-electron chi connectivity index (χ2n) is 5.62. The first-order chi connectivity index (χ1) is 9.68. The monoisotopic (exact) mass is 273 g/mol. The molecule has 1 saturated heterocycles. The van der Waals surface area contributed by atoms with Gasteiger partial charge >= 0.3 is 0 Å². The van der Waals surface area contributed by atoms with Gasteiger partial charge in [-0.05, 0) is 37.4 Å². The number of likely N-dealkylation sites (tertiary alicyclic amines) is 1. The number of hydrogen-bond donors (Lipinski definition) is 1. The maximum atomic E-state index is 9.48. The van der Waals surface area contributed by atoms with Crippen molar-refractivity contribution in [1.82, 2.24) is 4.90 Å². The zero-order valence-electron chi connectivity index (χ0n) is 12.1. The third-order valence-corrected chi connectivity index (χ3v) is 4.07. The molecule has 2 N–H and O–H groups in total. The van der Waals surface area contributed by atoms with Crippen molar-refractivity contribution in [2.75, 3.05) is 33.4 Å². The van der Waals surface area contributed by atoms with E-state index in [1.165, 1.54) is 0 Å². The van der Waals surface area contributed by atoms with Gasteiger partial charge in [0.25, 0.3) is 0 Å². The Hall–Kier alpha value is -1.41. The normalized spacial score (nSPS) is 20.2. The van der Waals surface area contributed by atoms with Crippen LogP contribution < -0.4 is 5.73 Å². The van der Waals surface area contributed by atoms with E-state index in [1.807, 2.05) is 30.3 Å². The topological polar surface area (TPSA) is 62.3 Å². The predicted molar refractivity (Wildman–Crippen MR) is 79.0 cm³/mol. The first-order valence-electron chi connectivity index (χ1n) is 7.15. The molecule has 1 aliphatic heterocycles. The largest absolute Gasteiger partial charge is 0.384 e. The molecule has 20 heavy (non-hydrogen) atoms. The molecule has 0 amide bonds. The summed E-state index contributed by atoms with van der Waals surface area (Å²) in [7, 11) is 1.75. The van der Waals surface area contributed by atoms with Gasteiger partial charge in [0, 0.05) is 20.3 Å². The molecule has 0 radical (unpaired) electrons. The number of nitrogens with zero attached hydrogens (tertiary/aromatic N) is 2. The summed E-state index contributed by atoms with van der Waals surface area (Å²) < 4.78 is 5.21. The number of nitriles is 1. The number of piperidine rings is 1. The van der Waals surface area contributed by atoms with Crippen molar-refractivity contribution in [3.05, 3.63) is 35.9 Å². The lowest BCUT2D eigenvalue weighted by atomic mass is 9.90. The molecule has 1 aromatic rings. The van der Waals surface area contributed by atoms with Gasteiger partial charge in [-0.3, -0.25) is 0 Å². The molecule has 2 rings (SSSR count). The van der Waals surface area contributed by atoms with Crippen molar-refractivity contribution in [3.63, 3.8) is 0 Å². The van der Waals surface area contributed by atoms with E-state index >= 15 is 0 Å². The molecule has 108 valence electrons. The average Bonchev–Trinajstić information content (AvgIpc) is 2.50. The Morgan fingerprint density at radius 3 is 2.55 bits per heavy atom. The molecule has 0 bridgehead atoms. The summed E-state index contributed by atoms with van der Waals surface area (Å²) in [6.07, 6.45) is 2.23. The van der Waals surface area contributed by atoms with E-state index in [0.29, 0.717) is 12.5 Å². The van der Waals surface area contributed by atoms with Gasteiger partial charge in [-0.25, -0.2) is 0 Å². The summed E-state index contributed by atoms with van der Waals surface area (Å²) in [6, 6.07) is 12.0. The molecule has 1 atom stereocenters. The van der Waals surface area contributed by atoms with Crippen LogP contribution in [-0.4, -0.2) is 38.3 Å². The summed E-state index contributed by atoms with van der Waals surface area (Å²) >= 11 is 0. The zero-order valence-corrected chi connectivity index (χ0v) is 12.1. The highest BCUT2D eigenvalue weighted by Crippen LogP contribution is 2.23. The van der Waals surface area contributed by atoms with Crippen LogP contribution in [0.5, 0.6) is 0 Å². The van der Waals surface area contributed by atoms with Crippen LogP contribution in [0.4, 0.5) is 0 Å². The van der Waals surface area contributed by atoms with Crippen molar-refractivity contribution in [2.45, 2.75) is 18.4 Å². The fourth-order valence-electron chi connectivity index (χ4n) is 2.83. The van der Waals surface area contributed by atoms with E-state index < -0.39 is 5.54 Å². The van der Waals surface area contributed by atoms with E-state index in [0.717, 1.165) is 38.1 Å². The maximum absolute atomic E-state index is 9.48. The summed E-state index contributed by atoms with van der Waals surface area (Å²) in [6.45, 7) is 3.40. The first kappa shape index (κ1) is 15.0. The Balaban J connectivity index is 1.97. The van der Waals surface area contributed by atoms with Gasteiger partial charge < -0.3 is 15.4 Å². The smallest absolute Gasteiger partial charge is 0.142 e. The molecule has 0 aromatic heterocycles. The molecular formula is C16H23N3O. The zero-order chi connectivity index (χ0) is 14.4. The molecule has 1 heterocycles. The fourth-order valence-corrected chi connectivity index (χ4v) is 2.83. The summed E-state index contributed by atoms with van der Waals surface area (Å²) in [4.78, 5) is 2.29. The third kappa shape index (κ3) is 3.57. The molecular weight excluding hydrogens is 250 g/mol. The van der Waals surface area contributed by atoms with Crippen molar-refractivity contribution < 1.29 is 4.74 Å². The third-order valence-electron chi connectivity index (χ3n) is 4.07. The quantitative estimate of drug-likeness (QED) is 0.887. The van der Waals surface area contributed by atoms with Gasteiger partial charge in [-0.2, -0.15) is 5.26 Å². The van der Waals surface area contributed by atoms with Gasteiger partial charge in [0.1, 0.15) is 5.54 Å². The van der Waals surface area contributed by atoms with Crippen LogP contribution in [-0.2, 0) is 10.3 Å². The van der Waals surface area contributed by atoms with Gasteiger partial charge in [0.2, 0.25) is 0 Å². The fraction of sp³-hybridized carbons (Fsp3) is 0.562. The van der Waals surface area contributed by atoms with Gasteiger partial charge in [-0.15, -0.1) is 0 Å². The molecule has 0 saturated carbocycles. The van der Waals surface area contributed by atoms with E-state index in [4.69, 9.17) is 10.5 Å². The number of methoxy groups -OCH3 is 1. The number of rotatable bonds is 5. The lowest BCUT2D eigenvalue weighted by Crippen LogP contribution is -2.49. The van der Waals surface area contributed by atoms with Crippen molar-refractivity contribution in [3.8, 4) is 6.07 Å². The van der Waals surface area contributed by atoms with Gasteiger partial charge in [0.05, 0.1) is 6.07 Å². The maximum Gasteiger partial charge on any atom is 0.142 e. The number of hydrogen-bond acceptors (Lipinski definition) is 4. The van der Waals surface area contributed by atoms with Crippen LogP contribution in [0.1, 0.15) is 18.4 Å². The van der Waals surface area contributed by atoms with Crippen molar-refractivity contribution in [1.29, 1.82) is 5.26 Å². The highest BCUT2D eigenvalue weighted by molar-refractivity contribution is 5.31. The predicted octanol–water partition coefficient (Wildman–Crippen LogP) is 1.72. The van der Waals surface area contributed by atoms with E-state index in [-0.39, 0.29) is 0 Å². The summed E-state index contributed by atoms with van der Waals surface area (Å²) in [5.74, 6) is 0.641. The lowest BCUT2D eigenvalue weighted by molar-refractivity contribution is 0.0931. The molecule has 4 nitrogen and oxygen atoms in total. The van der Waals surface area contributed by atoms with Crippen LogP contribution in [0, 0.1) is 17.2 Å². The number of ether oxygens (including phenoxy) is 1. The minimum atomic E-state index is -0.921. The molecule has 1 aliphatic rings. The van der Waals surface area contributed by atoms with Gasteiger partial charge in [0.15, 0.2) is 0 Å². The second-order valence-corrected chi connectivity index (χ2v) is 5.62. The molecule has 1 aromatic carbocycles. The number of benzene rings is 1. The van der Waals surface area contributed by atoms with Crippen LogP contribution in [0.25, 0.3) is 0 Å². The van der Waals surface area contributed by atoms with E-state index in [9.17, 15) is 5.26 Å². The van der Waals surface area contributed by atoms with Gasteiger partial charge in [-0.1, -0.05) is 30.3 Å². The lowest BCUT2D eigenvalue weighted by Gasteiger charge is -2.35. The molecule has 1 unspecified atom stereocenters. The molecule has 0 aliphatic carbocycles. The van der Waals surface area contributed by atoms with Crippen LogP contribution in [0.15, 0.2) is 30.3 Å². The minimum absolute atomic E-state index is 0.590. The molecule has 0 spiro atoms. The standard InChI is InChI=1S/C16H23N3O/c1-20-11-14-7-9-19(10-8-14)13-16(18,12-17)15-5-3-2-4-6-15/h2-6,14H,7-11,13,18H2,1H3. The number of nitrogens with two attached hydrogens (primary N) is 1. The average molecular weight is 273 g/mol.